The van der Waals surface area contributed by atoms with Gasteiger partial charge in [0.15, 0.2) is 10.8 Å². The van der Waals surface area contributed by atoms with Gasteiger partial charge in [-0.2, -0.15) is 13.2 Å². The van der Waals surface area contributed by atoms with Gasteiger partial charge in [-0.25, -0.2) is 4.98 Å². The minimum absolute atomic E-state index is 0.187. The molecule has 0 aliphatic heterocycles. The number of rotatable bonds is 2. The minimum atomic E-state index is -4.45. The summed E-state index contributed by atoms with van der Waals surface area (Å²) in [5.74, 6) is -0.187. The molecule has 2 nitrogen and oxygen atoms in total. The van der Waals surface area contributed by atoms with E-state index in [1.54, 1.807) is 24.3 Å². The molecule has 0 aliphatic rings. The van der Waals surface area contributed by atoms with Crippen LogP contribution in [0.15, 0.2) is 30.5 Å². The van der Waals surface area contributed by atoms with E-state index in [0.29, 0.717) is 27.3 Å². The van der Waals surface area contributed by atoms with Gasteiger partial charge in [-0.1, -0.05) is 24.3 Å². The molecule has 2 rings (SSSR count). The zero-order valence-electron chi connectivity index (χ0n) is 9.28. The standard InChI is InChI=1S/C12H8F3NOS/c1-7(17)8-4-2-3-5-9(8)10-6-16-11(18-10)12(13,14)15/h2-6H,1H3. The van der Waals surface area contributed by atoms with Crippen LogP contribution in [0.5, 0.6) is 0 Å². The van der Waals surface area contributed by atoms with Crippen molar-refractivity contribution in [3.8, 4) is 10.4 Å². The van der Waals surface area contributed by atoms with Crippen molar-refractivity contribution in [2.24, 2.45) is 0 Å². The average molecular weight is 271 g/mol. The molecule has 0 amide bonds. The van der Waals surface area contributed by atoms with Gasteiger partial charge in [0, 0.05) is 17.3 Å². The van der Waals surface area contributed by atoms with Crippen LogP contribution in [0, 0.1) is 0 Å². The minimum Gasteiger partial charge on any atom is -0.294 e. The Bertz CT molecular complexity index is 589. The fourth-order valence-corrected chi connectivity index (χ4v) is 2.36. The van der Waals surface area contributed by atoms with E-state index in [4.69, 9.17) is 0 Å². The zero-order valence-corrected chi connectivity index (χ0v) is 10.1. The van der Waals surface area contributed by atoms with Crippen LogP contribution in [0.3, 0.4) is 0 Å². The first-order valence-electron chi connectivity index (χ1n) is 5.03. The highest BCUT2D eigenvalue weighted by Crippen LogP contribution is 2.37. The molecule has 0 spiro atoms. The van der Waals surface area contributed by atoms with Gasteiger partial charge in [-0.3, -0.25) is 4.79 Å². The van der Waals surface area contributed by atoms with E-state index in [2.05, 4.69) is 4.98 Å². The van der Waals surface area contributed by atoms with E-state index < -0.39 is 11.2 Å². The highest BCUT2D eigenvalue weighted by atomic mass is 32.1. The molecule has 2 aromatic rings. The predicted molar refractivity (Wildman–Crippen MR) is 62.6 cm³/mol. The molecule has 0 saturated carbocycles. The molecular weight excluding hydrogens is 263 g/mol. The first-order chi connectivity index (χ1) is 8.39. The quantitative estimate of drug-likeness (QED) is 0.772. The summed E-state index contributed by atoms with van der Waals surface area (Å²) in [5, 5.41) is -0.907. The first kappa shape index (κ1) is 12.8. The zero-order chi connectivity index (χ0) is 13.3. The molecular formula is C12H8F3NOS. The second-order valence-electron chi connectivity index (χ2n) is 3.63. The summed E-state index contributed by atoms with van der Waals surface area (Å²) in [6.07, 6.45) is -3.30. The highest BCUT2D eigenvalue weighted by Gasteiger charge is 2.34. The van der Waals surface area contributed by atoms with Crippen LogP contribution in [0.25, 0.3) is 10.4 Å². The lowest BCUT2D eigenvalue weighted by Gasteiger charge is -2.03. The lowest BCUT2D eigenvalue weighted by Crippen LogP contribution is -2.02. The monoisotopic (exact) mass is 271 g/mol. The second-order valence-corrected chi connectivity index (χ2v) is 4.66. The summed E-state index contributed by atoms with van der Waals surface area (Å²) in [6, 6.07) is 6.55. The Kier molecular flexibility index (Phi) is 3.21. The van der Waals surface area contributed by atoms with Crippen molar-refractivity contribution in [2.45, 2.75) is 13.1 Å². The number of hydrogen-bond acceptors (Lipinski definition) is 3. The lowest BCUT2D eigenvalue weighted by atomic mass is 10.0. The number of alkyl halides is 3. The molecule has 0 fully saturated rings. The molecule has 1 heterocycles. The number of Topliss-reactive ketones (excluding diaryl/α,β-unsaturated/α-hetero) is 1. The number of carbonyl (C=O) groups is 1. The number of thiazole rings is 1. The molecule has 0 bridgehead atoms. The van der Waals surface area contributed by atoms with E-state index >= 15 is 0 Å². The fourth-order valence-electron chi connectivity index (χ4n) is 1.53. The van der Waals surface area contributed by atoms with Gasteiger partial charge in [0.2, 0.25) is 0 Å². The van der Waals surface area contributed by atoms with Gasteiger partial charge in [0.25, 0.3) is 0 Å². The van der Waals surface area contributed by atoms with E-state index in [9.17, 15) is 18.0 Å². The highest BCUT2D eigenvalue weighted by molar-refractivity contribution is 7.15. The Morgan fingerprint density at radius 3 is 2.50 bits per heavy atom. The van der Waals surface area contributed by atoms with Gasteiger partial charge in [-0.15, -0.1) is 11.3 Å². The van der Waals surface area contributed by atoms with Gasteiger partial charge in [0.1, 0.15) is 0 Å². The number of carbonyl (C=O) groups excluding carboxylic acids is 1. The molecule has 0 atom stereocenters. The molecule has 0 N–H and O–H groups in total. The number of ketones is 1. The Balaban J connectivity index is 2.50. The van der Waals surface area contributed by atoms with Gasteiger partial charge in [0.05, 0.1) is 4.88 Å². The van der Waals surface area contributed by atoms with Gasteiger partial charge < -0.3 is 0 Å². The van der Waals surface area contributed by atoms with Crippen molar-refractivity contribution in [1.82, 2.24) is 4.98 Å². The normalized spacial score (nSPS) is 11.6. The predicted octanol–water partition coefficient (Wildman–Crippen LogP) is 4.03. The van der Waals surface area contributed by atoms with Crippen molar-refractivity contribution < 1.29 is 18.0 Å². The lowest BCUT2D eigenvalue weighted by molar-refractivity contribution is -0.137. The van der Waals surface area contributed by atoms with Crippen molar-refractivity contribution in [2.75, 3.05) is 0 Å². The Morgan fingerprint density at radius 1 is 1.28 bits per heavy atom. The SMILES string of the molecule is CC(=O)c1ccccc1-c1cnc(C(F)(F)F)s1. The maximum absolute atomic E-state index is 12.5. The summed E-state index contributed by atoms with van der Waals surface area (Å²) < 4.78 is 37.4. The van der Waals surface area contributed by atoms with Crippen molar-refractivity contribution in [1.29, 1.82) is 0 Å². The molecule has 94 valence electrons. The summed E-state index contributed by atoms with van der Waals surface area (Å²) in [6.45, 7) is 1.38. The Labute approximate surface area is 105 Å². The third kappa shape index (κ3) is 2.43. The van der Waals surface area contributed by atoms with E-state index in [1.165, 1.54) is 6.92 Å². The second kappa shape index (κ2) is 4.53. The van der Waals surface area contributed by atoms with Crippen LogP contribution in [0.4, 0.5) is 13.2 Å². The van der Waals surface area contributed by atoms with E-state index in [0.717, 1.165) is 6.20 Å². The average Bonchev–Trinajstić information content (AvgIpc) is 2.77. The number of halogens is 3. The molecule has 0 saturated heterocycles. The number of hydrogen-bond donors (Lipinski definition) is 0. The van der Waals surface area contributed by atoms with Crippen LogP contribution in [0.2, 0.25) is 0 Å². The third-order valence-corrected chi connectivity index (χ3v) is 3.40. The number of benzene rings is 1. The van der Waals surface area contributed by atoms with Crippen LogP contribution in [0.1, 0.15) is 22.3 Å². The van der Waals surface area contributed by atoms with Crippen LogP contribution in [-0.4, -0.2) is 10.8 Å². The maximum Gasteiger partial charge on any atom is 0.443 e. The van der Waals surface area contributed by atoms with Crippen molar-refractivity contribution >= 4 is 17.1 Å². The molecule has 0 unspecified atom stereocenters. The van der Waals surface area contributed by atoms with E-state index in [1.807, 2.05) is 0 Å². The third-order valence-electron chi connectivity index (χ3n) is 2.32. The topological polar surface area (TPSA) is 30.0 Å². The van der Waals surface area contributed by atoms with Crippen molar-refractivity contribution in [3.05, 3.63) is 41.0 Å². The molecule has 6 heteroatoms. The van der Waals surface area contributed by atoms with Crippen LogP contribution < -0.4 is 0 Å². The van der Waals surface area contributed by atoms with Crippen LogP contribution >= 0.6 is 11.3 Å². The summed E-state index contributed by atoms with van der Waals surface area (Å²) in [5.41, 5.74) is 0.882. The Morgan fingerprint density at radius 2 is 1.94 bits per heavy atom. The van der Waals surface area contributed by atoms with E-state index in [-0.39, 0.29) is 5.78 Å². The largest absolute Gasteiger partial charge is 0.443 e. The molecule has 0 radical (unpaired) electrons. The number of aromatic nitrogens is 1. The Hall–Kier alpha value is -1.69. The molecule has 1 aromatic heterocycles. The summed E-state index contributed by atoms with van der Waals surface area (Å²) in [7, 11) is 0. The van der Waals surface area contributed by atoms with Gasteiger partial charge >= 0.3 is 6.18 Å². The number of nitrogens with zero attached hydrogens (tertiary/aromatic N) is 1. The van der Waals surface area contributed by atoms with Crippen LogP contribution in [-0.2, 0) is 6.18 Å². The summed E-state index contributed by atoms with van der Waals surface area (Å²) in [4.78, 5) is 15.1. The smallest absolute Gasteiger partial charge is 0.294 e. The maximum atomic E-state index is 12.5. The van der Waals surface area contributed by atoms with Gasteiger partial charge in [-0.05, 0) is 6.92 Å². The molecule has 0 aliphatic carbocycles. The summed E-state index contributed by atoms with van der Waals surface area (Å²) >= 11 is 0.536. The van der Waals surface area contributed by atoms with Crippen molar-refractivity contribution in [3.63, 3.8) is 0 Å². The molecule has 1 aromatic carbocycles. The first-order valence-corrected chi connectivity index (χ1v) is 5.84. The fraction of sp³-hybridized carbons (Fsp3) is 0.167. The molecule has 18 heavy (non-hydrogen) atoms.